The fraction of sp³-hybridized carbons (Fsp3) is 0.762. The smallest absolute Gasteiger partial charge is 0.407 e. The van der Waals surface area contributed by atoms with Gasteiger partial charge < -0.3 is 24.8 Å². The third-order valence-corrected chi connectivity index (χ3v) is 4.33. The number of aliphatic imine (C=N–C) groups is 1. The average molecular weight is 537 g/mol. The van der Waals surface area contributed by atoms with Gasteiger partial charge in [-0.2, -0.15) is 0 Å². The Morgan fingerprint density at radius 3 is 2.50 bits per heavy atom. The standard InChI is InChI=1S/C21H39N5O3.HI/c1-9-16-13-17(29-25-16)14-23-19(22-10-2)26(8)12-11-18(15(3)4)24-20(27)28-21(5,6)7;/h13,15,18H,9-12,14H2,1-8H3,(H,22,23)(H,24,27);1H. The molecule has 1 aromatic heterocycles. The number of amides is 1. The van der Waals surface area contributed by atoms with Crippen molar-refractivity contribution < 1.29 is 14.1 Å². The summed E-state index contributed by atoms with van der Waals surface area (Å²) >= 11 is 0. The highest BCUT2D eigenvalue weighted by molar-refractivity contribution is 14.0. The first-order valence-electron chi connectivity index (χ1n) is 10.5. The zero-order valence-electron chi connectivity index (χ0n) is 19.7. The fourth-order valence-corrected chi connectivity index (χ4v) is 2.69. The zero-order chi connectivity index (χ0) is 22.0. The Labute approximate surface area is 198 Å². The molecular formula is C21H40IN5O3. The van der Waals surface area contributed by atoms with Crippen LogP contribution >= 0.6 is 24.0 Å². The summed E-state index contributed by atoms with van der Waals surface area (Å²) in [4.78, 5) is 18.9. The van der Waals surface area contributed by atoms with Crippen LogP contribution in [0.3, 0.4) is 0 Å². The predicted octanol–water partition coefficient (Wildman–Crippen LogP) is 4.19. The molecular weight excluding hydrogens is 497 g/mol. The first-order valence-corrected chi connectivity index (χ1v) is 10.5. The highest BCUT2D eigenvalue weighted by Gasteiger charge is 2.22. The van der Waals surface area contributed by atoms with Crippen molar-refractivity contribution in [2.45, 2.75) is 79.5 Å². The van der Waals surface area contributed by atoms with Crippen LogP contribution < -0.4 is 10.6 Å². The Morgan fingerprint density at radius 2 is 2.00 bits per heavy atom. The van der Waals surface area contributed by atoms with Gasteiger partial charge in [0.05, 0.1) is 5.69 Å². The molecule has 0 aliphatic carbocycles. The van der Waals surface area contributed by atoms with E-state index in [1.165, 1.54) is 0 Å². The molecule has 1 heterocycles. The Bertz CT molecular complexity index is 655. The van der Waals surface area contributed by atoms with Crippen LogP contribution in [0, 0.1) is 5.92 Å². The van der Waals surface area contributed by atoms with Crippen LogP contribution in [0.2, 0.25) is 0 Å². The first-order chi connectivity index (χ1) is 13.6. The van der Waals surface area contributed by atoms with Gasteiger partial charge in [0.15, 0.2) is 11.7 Å². The van der Waals surface area contributed by atoms with Gasteiger partial charge >= 0.3 is 6.09 Å². The lowest BCUT2D eigenvalue weighted by molar-refractivity contribution is 0.0486. The SMILES string of the molecule is CCNC(=NCc1cc(CC)no1)N(C)CCC(NC(=O)OC(C)(C)C)C(C)C.I. The van der Waals surface area contributed by atoms with Crippen LogP contribution in [-0.4, -0.2) is 53.9 Å². The Balaban J connectivity index is 0.00000841. The molecule has 0 aromatic carbocycles. The second kappa shape index (κ2) is 13.7. The van der Waals surface area contributed by atoms with E-state index >= 15 is 0 Å². The third kappa shape index (κ3) is 11.0. The summed E-state index contributed by atoms with van der Waals surface area (Å²) in [5, 5.41) is 10.3. The summed E-state index contributed by atoms with van der Waals surface area (Å²) in [6.07, 6.45) is 1.24. The van der Waals surface area contributed by atoms with E-state index in [4.69, 9.17) is 9.26 Å². The van der Waals surface area contributed by atoms with Crippen LogP contribution in [-0.2, 0) is 17.7 Å². The van der Waals surface area contributed by atoms with Crippen LogP contribution in [0.25, 0.3) is 0 Å². The quantitative estimate of drug-likeness (QED) is 0.279. The lowest BCUT2D eigenvalue weighted by Gasteiger charge is -2.28. The van der Waals surface area contributed by atoms with Crippen molar-refractivity contribution in [2.24, 2.45) is 10.9 Å². The highest BCUT2D eigenvalue weighted by atomic mass is 127. The zero-order valence-corrected chi connectivity index (χ0v) is 22.1. The maximum absolute atomic E-state index is 12.1. The number of carbonyl (C=O) groups is 1. The highest BCUT2D eigenvalue weighted by Crippen LogP contribution is 2.11. The molecule has 1 unspecified atom stereocenters. The maximum atomic E-state index is 12.1. The fourth-order valence-electron chi connectivity index (χ4n) is 2.69. The van der Waals surface area contributed by atoms with Crippen LogP contribution in [0.4, 0.5) is 4.79 Å². The molecule has 2 N–H and O–H groups in total. The van der Waals surface area contributed by atoms with E-state index in [0.29, 0.717) is 6.54 Å². The van der Waals surface area contributed by atoms with Gasteiger partial charge in [0.1, 0.15) is 12.1 Å². The molecule has 1 atom stereocenters. The molecule has 30 heavy (non-hydrogen) atoms. The number of hydrogen-bond acceptors (Lipinski definition) is 5. The Hall–Kier alpha value is -1.52. The predicted molar refractivity (Wildman–Crippen MR) is 131 cm³/mol. The topological polar surface area (TPSA) is 92.0 Å². The molecule has 0 radical (unpaired) electrons. The number of nitrogens with zero attached hydrogens (tertiary/aromatic N) is 3. The van der Waals surface area contributed by atoms with E-state index in [0.717, 1.165) is 43.3 Å². The van der Waals surface area contributed by atoms with Crippen LogP contribution in [0.5, 0.6) is 0 Å². The molecule has 0 bridgehead atoms. The van der Waals surface area contributed by atoms with E-state index in [9.17, 15) is 4.79 Å². The van der Waals surface area contributed by atoms with Gasteiger partial charge in [0, 0.05) is 32.2 Å². The number of nitrogens with one attached hydrogen (secondary N) is 2. The van der Waals surface area contributed by atoms with Crippen molar-refractivity contribution in [1.82, 2.24) is 20.7 Å². The van der Waals surface area contributed by atoms with Crippen molar-refractivity contribution >= 4 is 36.0 Å². The molecule has 0 saturated carbocycles. The lowest BCUT2D eigenvalue weighted by atomic mass is 10.0. The second-order valence-electron chi connectivity index (χ2n) is 8.52. The van der Waals surface area contributed by atoms with Crippen LogP contribution in [0.15, 0.2) is 15.6 Å². The molecule has 0 spiro atoms. The molecule has 0 saturated heterocycles. The lowest BCUT2D eigenvalue weighted by Crippen LogP contribution is -2.45. The largest absolute Gasteiger partial charge is 0.444 e. The Kier molecular flexibility index (Phi) is 13.0. The van der Waals surface area contributed by atoms with Gasteiger partial charge in [0.25, 0.3) is 0 Å². The van der Waals surface area contributed by atoms with Crippen molar-refractivity contribution in [3.63, 3.8) is 0 Å². The summed E-state index contributed by atoms with van der Waals surface area (Å²) in [7, 11) is 1.99. The summed E-state index contributed by atoms with van der Waals surface area (Å²) in [6.45, 7) is 15.8. The molecule has 0 aliphatic heterocycles. The molecule has 8 nitrogen and oxygen atoms in total. The van der Waals surface area contributed by atoms with Crippen molar-refractivity contribution in [1.29, 1.82) is 0 Å². The third-order valence-electron chi connectivity index (χ3n) is 4.33. The number of hydrogen-bond donors (Lipinski definition) is 2. The molecule has 1 aromatic rings. The second-order valence-corrected chi connectivity index (χ2v) is 8.52. The first kappa shape index (κ1) is 28.5. The molecule has 1 rings (SSSR count). The van der Waals surface area contributed by atoms with Gasteiger partial charge in [-0.15, -0.1) is 24.0 Å². The van der Waals surface area contributed by atoms with Crippen molar-refractivity contribution in [3.05, 3.63) is 17.5 Å². The van der Waals surface area contributed by atoms with Gasteiger partial charge in [-0.3, -0.25) is 0 Å². The van der Waals surface area contributed by atoms with E-state index in [1.807, 2.05) is 47.7 Å². The van der Waals surface area contributed by atoms with Gasteiger partial charge in [-0.1, -0.05) is 25.9 Å². The van der Waals surface area contributed by atoms with Crippen molar-refractivity contribution in [2.75, 3.05) is 20.1 Å². The summed E-state index contributed by atoms with van der Waals surface area (Å²) < 4.78 is 10.7. The molecule has 1 amide bonds. The van der Waals surface area contributed by atoms with E-state index in [2.05, 4.69) is 39.5 Å². The summed E-state index contributed by atoms with van der Waals surface area (Å²) in [5.74, 6) is 1.83. The van der Waals surface area contributed by atoms with Gasteiger partial charge in [-0.05, 0) is 46.5 Å². The van der Waals surface area contributed by atoms with Gasteiger partial charge in [0.2, 0.25) is 0 Å². The number of aromatic nitrogens is 1. The van der Waals surface area contributed by atoms with E-state index < -0.39 is 5.60 Å². The van der Waals surface area contributed by atoms with Crippen molar-refractivity contribution in [3.8, 4) is 0 Å². The Morgan fingerprint density at radius 1 is 1.33 bits per heavy atom. The number of guanidine groups is 1. The number of carbonyl (C=O) groups excluding carboxylic acids is 1. The van der Waals surface area contributed by atoms with Crippen LogP contribution in [0.1, 0.15) is 66.3 Å². The number of aryl methyl sites for hydroxylation is 1. The summed E-state index contributed by atoms with van der Waals surface area (Å²) in [6, 6.07) is 1.95. The van der Waals surface area contributed by atoms with E-state index in [1.54, 1.807) is 0 Å². The van der Waals surface area contributed by atoms with Gasteiger partial charge in [-0.25, -0.2) is 9.79 Å². The number of alkyl carbamates (subject to hydrolysis) is 1. The number of halogens is 1. The minimum Gasteiger partial charge on any atom is -0.444 e. The minimum atomic E-state index is -0.508. The molecule has 0 aliphatic rings. The normalized spacial score (nSPS) is 12.9. The monoisotopic (exact) mass is 537 g/mol. The molecule has 9 heteroatoms. The molecule has 0 fully saturated rings. The summed E-state index contributed by atoms with van der Waals surface area (Å²) in [5.41, 5.74) is 0.424. The average Bonchev–Trinajstić information content (AvgIpc) is 3.08. The number of ether oxygens (including phenoxy) is 1. The maximum Gasteiger partial charge on any atom is 0.407 e. The van der Waals surface area contributed by atoms with E-state index in [-0.39, 0.29) is 42.0 Å². The molecule has 174 valence electrons. The minimum absolute atomic E-state index is 0. The number of rotatable bonds is 9.